The Morgan fingerprint density at radius 3 is 2.31 bits per heavy atom. The maximum Gasteiger partial charge on any atom is 0.322 e. The fourth-order valence-electron chi connectivity index (χ4n) is 5.48. The normalized spacial score (nSPS) is 21.0. The molecule has 1 atom stereocenters. The van der Waals surface area contributed by atoms with Crippen LogP contribution in [-0.4, -0.2) is 35.8 Å². The van der Waals surface area contributed by atoms with Crippen LogP contribution >= 0.6 is 0 Å². The summed E-state index contributed by atoms with van der Waals surface area (Å²) in [5.41, 5.74) is 4.76. The van der Waals surface area contributed by atoms with Crippen LogP contribution in [0.1, 0.15) is 65.2 Å². The van der Waals surface area contributed by atoms with Gasteiger partial charge in [-0.15, -0.1) is 0 Å². The van der Waals surface area contributed by atoms with E-state index < -0.39 is 11.6 Å². The van der Waals surface area contributed by atoms with E-state index in [1.54, 1.807) is 24.3 Å². The quantitative estimate of drug-likeness (QED) is 0.535. The number of likely N-dealkylation sites (tertiary alicyclic amines) is 1. The van der Waals surface area contributed by atoms with Crippen molar-refractivity contribution in [3.63, 3.8) is 0 Å². The minimum atomic E-state index is -1.12. The number of aryl methyl sites for hydroxylation is 2. The number of hydrogen-bond donors (Lipinski definition) is 2. The number of nitrogens with zero attached hydrogens (tertiary/aromatic N) is 1. The summed E-state index contributed by atoms with van der Waals surface area (Å²) in [7, 11) is 0. The molecule has 3 aromatic rings. The van der Waals surface area contributed by atoms with Crippen LogP contribution in [0.2, 0.25) is 0 Å². The summed E-state index contributed by atoms with van der Waals surface area (Å²) in [6, 6.07) is 10.9. The van der Waals surface area contributed by atoms with Gasteiger partial charge in [0.2, 0.25) is 0 Å². The highest BCUT2D eigenvalue weighted by molar-refractivity contribution is 6.07. The summed E-state index contributed by atoms with van der Waals surface area (Å²) in [5, 5.41) is 6.29. The second-order valence-electron chi connectivity index (χ2n) is 10.1. The van der Waals surface area contributed by atoms with Gasteiger partial charge < -0.3 is 14.6 Å². The molecule has 5 rings (SSSR count). The van der Waals surface area contributed by atoms with Crippen LogP contribution in [0, 0.1) is 19.8 Å². The standard InChI is InChI=1S/C28H31N3O4/c1-16(2)28(26(33)29-27(34)30-28)21-7-5-20(6-8-21)25(32)31-11-9-19(10-12-31)23-15-35-24-14-18(4)17(3)13-22(23)24/h5-8,13-16,19H,9-12H2,1-4H3,(H2,29,30,33,34)/t28-/m1/s1. The van der Waals surface area contributed by atoms with Crippen LogP contribution < -0.4 is 10.6 Å². The minimum Gasteiger partial charge on any atom is -0.464 e. The molecule has 7 heteroatoms. The topological polar surface area (TPSA) is 91.7 Å². The van der Waals surface area contributed by atoms with Crippen molar-refractivity contribution in [2.24, 2.45) is 5.92 Å². The number of imide groups is 1. The lowest BCUT2D eigenvalue weighted by Crippen LogP contribution is -2.48. The summed E-state index contributed by atoms with van der Waals surface area (Å²) in [6.07, 6.45) is 3.65. The number of urea groups is 1. The minimum absolute atomic E-state index is 0.0166. The van der Waals surface area contributed by atoms with E-state index in [0.29, 0.717) is 30.1 Å². The average Bonchev–Trinajstić information content (AvgIpc) is 3.39. The van der Waals surface area contributed by atoms with E-state index in [1.165, 1.54) is 22.1 Å². The molecule has 2 N–H and O–H groups in total. The van der Waals surface area contributed by atoms with E-state index in [1.807, 2.05) is 25.0 Å². The van der Waals surface area contributed by atoms with Crippen LogP contribution in [0.4, 0.5) is 4.79 Å². The van der Waals surface area contributed by atoms with E-state index in [0.717, 1.165) is 18.4 Å². The van der Waals surface area contributed by atoms with Gasteiger partial charge in [-0.05, 0) is 79.5 Å². The summed E-state index contributed by atoms with van der Waals surface area (Å²) in [5.74, 6) is -0.172. The Balaban J connectivity index is 1.29. The molecule has 1 aromatic heterocycles. The second-order valence-corrected chi connectivity index (χ2v) is 10.1. The number of furan rings is 1. The average molecular weight is 474 g/mol. The van der Waals surface area contributed by atoms with Gasteiger partial charge in [0, 0.05) is 29.6 Å². The molecule has 4 amide bonds. The van der Waals surface area contributed by atoms with Crippen molar-refractivity contribution < 1.29 is 18.8 Å². The van der Waals surface area contributed by atoms with Crippen LogP contribution in [0.15, 0.2) is 47.1 Å². The molecule has 35 heavy (non-hydrogen) atoms. The summed E-state index contributed by atoms with van der Waals surface area (Å²) >= 11 is 0. The molecule has 0 radical (unpaired) electrons. The Hall–Kier alpha value is -3.61. The number of carbonyl (C=O) groups excluding carboxylic acids is 3. The molecule has 7 nitrogen and oxygen atoms in total. The van der Waals surface area contributed by atoms with Crippen LogP contribution in [-0.2, 0) is 10.3 Å². The highest BCUT2D eigenvalue weighted by Gasteiger charge is 2.50. The van der Waals surface area contributed by atoms with Crippen molar-refractivity contribution in [1.82, 2.24) is 15.5 Å². The fourth-order valence-corrected chi connectivity index (χ4v) is 5.48. The molecule has 2 aliphatic rings. The molecule has 0 bridgehead atoms. The predicted octanol–water partition coefficient (Wildman–Crippen LogP) is 4.76. The van der Waals surface area contributed by atoms with E-state index >= 15 is 0 Å². The molecule has 3 heterocycles. The van der Waals surface area contributed by atoms with Crippen LogP contribution in [0.25, 0.3) is 11.0 Å². The summed E-state index contributed by atoms with van der Waals surface area (Å²) in [6.45, 7) is 9.34. The Labute approximate surface area is 204 Å². The third-order valence-electron chi connectivity index (χ3n) is 7.79. The highest BCUT2D eigenvalue weighted by atomic mass is 16.3. The zero-order chi connectivity index (χ0) is 24.9. The Bertz CT molecular complexity index is 1320. The van der Waals surface area contributed by atoms with Gasteiger partial charge in [-0.2, -0.15) is 0 Å². The maximum atomic E-state index is 13.2. The maximum absolute atomic E-state index is 13.2. The number of benzene rings is 2. The number of rotatable bonds is 4. The molecule has 0 spiro atoms. The number of fused-ring (bicyclic) bond motifs is 1. The molecule has 2 aromatic carbocycles. The Kier molecular flexibility index (Phi) is 5.66. The zero-order valence-corrected chi connectivity index (χ0v) is 20.6. The third kappa shape index (κ3) is 3.79. The number of piperidine rings is 1. The van der Waals surface area contributed by atoms with Crippen molar-refractivity contribution in [2.75, 3.05) is 13.1 Å². The lowest BCUT2D eigenvalue weighted by atomic mass is 9.79. The molecule has 0 saturated carbocycles. The summed E-state index contributed by atoms with van der Waals surface area (Å²) in [4.78, 5) is 39.5. The van der Waals surface area contributed by atoms with Crippen molar-refractivity contribution in [1.29, 1.82) is 0 Å². The van der Waals surface area contributed by atoms with Gasteiger partial charge >= 0.3 is 6.03 Å². The highest BCUT2D eigenvalue weighted by Crippen LogP contribution is 2.36. The van der Waals surface area contributed by atoms with E-state index in [9.17, 15) is 14.4 Å². The summed E-state index contributed by atoms with van der Waals surface area (Å²) < 4.78 is 5.84. The first-order valence-corrected chi connectivity index (χ1v) is 12.2. The van der Waals surface area contributed by atoms with Gasteiger partial charge in [-0.25, -0.2) is 4.79 Å². The Morgan fingerprint density at radius 2 is 1.71 bits per heavy atom. The Morgan fingerprint density at radius 1 is 1.06 bits per heavy atom. The smallest absolute Gasteiger partial charge is 0.322 e. The second kappa shape index (κ2) is 8.56. The SMILES string of the molecule is Cc1cc2occ(C3CCN(C(=O)c4ccc([C@@]5(C(C)C)NC(=O)NC5=O)cc4)CC3)c2cc1C. The lowest BCUT2D eigenvalue weighted by Gasteiger charge is -2.32. The molecular weight excluding hydrogens is 442 g/mol. The fraction of sp³-hybridized carbons (Fsp3) is 0.393. The number of carbonyl (C=O) groups is 3. The molecule has 2 saturated heterocycles. The van der Waals surface area contributed by atoms with E-state index in [2.05, 4.69) is 36.6 Å². The molecule has 2 fully saturated rings. The largest absolute Gasteiger partial charge is 0.464 e. The van der Waals surface area contributed by atoms with E-state index in [-0.39, 0.29) is 17.7 Å². The molecule has 182 valence electrons. The van der Waals surface area contributed by atoms with Crippen molar-refractivity contribution in [3.8, 4) is 0 Å². The van der Waals surface area contributed by atoms with Gasteiger partial charge in [0.15, 0.2) is 0 Å². The van der Waals surface area contributed by atoms with Gasteiger partial charge in [-0.3, -0.25) is 14.9 Å². The van der Waals surface area contributed by atoms with Gasteiger partial charge in [0.1, 0.15) is 11.1 Å². The molecule has 0 unspecified atom stereocenters. The number of nitrogens with one attached hydrogen (secondary N) is 2. The molecule has 0 aliphatic carbocycles. The monoisotopic (exact) mass is 473 g/mol. The number of hydrogen-bond acceptors (Lipinski definition) is 4. The predicted molar refractivity (Wildman–Crippen MR) is 133 cm³/mol. The van der Waals surface area contributed by atoms with Crippen LogP contribution in [0.3, 0.4) is 0 Å². The van der Waals surface area contributed by atoms with Crippen LogP contribution in [0.5, 0.6) is 0 Å². The number of amides is 4. The van der Waals surface area contributed by atoms with Gasteiger partial charge in [0.25, 0.3) is 11.8 Å². The van der Waals surface area contributed by atoms with Crippen molar-refractivity contribution >= 4 is 28.8 Å². The zero-order valence-electron chi connectivity index (χ0n) is 20.6. The first kappa shape index (κ1) is 23.1. The first-order valence-electron chi connectivity index (χ1n) is 12.2. The third-order valence-corrected chi connectivity index (χ3v) is 7.79. The van der Waals surface area contributed by atoms with Crippen molar-refractivity contribution in [3.05, 3.63) is 70.5 Å². The van der Waals surface area contributed by atoms with Gasteiger partial charge in [0.05, 0.1) is 6.26 Å². The van der Waals surface area contributed by atoms with E-state index in [4.69, 9.17) is 4.42 Å². The molecular formula is C28H31N3O4. The molecule has 2 aliphatic heterocycles. The van der Waals surface area contributed by atoms with Gasteiger partial charge in [-0.1, -0.05) is 26.0 Å². The van der Waals surface area contributed by atoms with Crippen molar-refractivity contribution in [2.45, 2.75) is 52.0 Å². The first-order chi connectivity index (χ1) is 16.7. The lowest BCUT2D eigenvalue weighted by molar-refractivity contribution is -0.125.